The summed E-state index contributed by atoms with van der Waals surface area (Å²) in [6, 6.07) is 2.57. The molecule has 0 atom stereocenters. The van der Waals surface area contributed by atoms with Crippen LogP contribution in [-0.2, 0) is 14.8 Å². The first kappa shape index (κ1) is 17.3. The minimum absolute atomic E-state index is 0.176. The molecule has 21 heavy (non-hydrogen) atoms. The number of primary amides is 1. The Morgan fingerprint density at radius 3 is 2.48 bits per heavy atom. The summed E-state index contributed by atoms with van der Waals surface area (Å²) < 4.78 is 25.8. The maximum atomic E-state index is 12.4. The van der Waals surface area contributed by atoms with E-state index in [4.69, 9.17) is 17.3 Å². The zero-order valence-corrected chi connectivity index (χ0v) is 12.9. The Morgan fingerprint density at radius 1 is 1.48 bits per heavy atom. The zero-order chi connectivity index (χ0) is 16.4. The van der Waals surface area contributed by atoms with E-state index in [1.165, 1.54) is 0 Å². The van der Waals surface area contributed by atoms with Crippen molar-refractivity contribution in [3.8, 4) is 0 Å². The number of hydrogen-bond donors (Lipinski definition) is 1. The molecule has 1 amide bonds. The van der Waals surface area contributed by atoms with Gasteiger partial charge in [-0.1, -0.05) is 11.6 Å². The van der Waals surface area contributed by atoms with Gasteiger partial charge in [-0.3, -0.25) is 14.9 Å². The van der Waals surface area contributed by atoms with Gasteiger partial charge >= 0.3 is 0 Å². The standard InChI is InChI=1S/C11H14ClN3O5S/c1-7(2)14(6-11(13)16)21(19,20)8-3-4-9(12)10(5-8)15(17)18/h3-5,7H,6H2,1-2H3,(H2,13,16). The van der Waals surface area contributed by atoms with Crippen molar-refractivity contribution in [2.24, 2.45) is 5.73 Å². The average molecular weight is 336 g/mol. The quantitative estimate of drug-likeness (QED) is 0.616. The third kappa shape index (κ3) is 3.90. The third-order valence-corrected chi connectivity index (χ3v) is 4.95. The number of nitrogens with two attached hydrogens (primary N) is 1. The normalized spacial score (nSPS) is 11.9. The number of rotatable bonds is 6. The Bertz CT molecular complexity index is 674. The largest absolute Gasteiger partial charge is 0.369 e. The van der Waals surface area contributed by atoms with E-state index in [1.54, 1.807) is 13.8 Å². The molecular formula is C11H14ClN3O5S. The van der Waals surface area contributed by atoms with E-state index < -0.39 is 39.1 Å². The molecule has 0 saturated heterocycles. The van der Waals surface area contributed by atoms with E-state index in [2.05, 4.69) is 0 Å². The lowest BCUT2D eigenvalue weighted by atomic mass is 10.3. The van der Waals surface area contributed by atoms with Gasteiger partial charge in [0.1, 0.15) is 5.02 Å². The first-order valence-corrected chi connectivity index (χ1v) is 7.63. The van der Waals surface area contributed by atoms with Gasteiger partial charge in [-0.15, -0.1) is 0 Å². The number of benzene rings is 1. The van der Waals surface area contributed by atoms with E-state index in [0.29, 0.717) is 0 Å². The van der Waals surface area contributed by atoms with Crippen LogP contribution in [0.1, 0.15) is 13.8 Å². The Kier molecular flexibility index (Phi) is 5.26. The van der Waals surface area contributed by atoms with E-state index >= 15 is 0 Å². The van der Waals surface area contributed by atoms with Crippen molar-refractivity contribution in [1.29, 1.82) is 0 Å². The highest BCUT2D eigenvalue weighted by atomic mass is 35.5. The van der Waals surface area contributed by atoms with Gasteiger partial charge in [0.15, 0.2) is 0 Å². The maximum absolute atomic E-state index is 12.4. The molecule has 1 aromatic rings. The molecule has 10 heteroatoms. The van der Waals surface area contributed by atoms with Gasteiger partial charge in [-0.05, 0) is 26.0 Å². The first-order valence-electron chi connectivity index (χ1n) is 5.81. The van der Waals surface area contributed by atoms with Crippen LogP contribution in [0.15, 0.2) is 23.1 Å². The summed E-state index contributed by atoms with van der Waals surface area (Å²) >= 11 is 5.64. The highest BCUT2D eigenvalue weighted by molar-refractivity contribution is 7.89. The Hall–Kier alpha value is -1.71. The van der Waals surface area contributed by atoms with Crippen LogP contribution in [0.5, 0.6) is 0 Å². The molecule has 2 N–H and O–H groups in total. The van der Waals surface area contributed by atoms with Crippen LogP contribution in [0.3, 0.4) is 0 Å². The minimum atomic E-state index is -4.10. The molecule has 0 saturated carbocycles. The molecule has 0 aliphatic heterocycles. The predicted octanol–water partition coefficient (Wildman–Crippen LogP) is 1.13. The minimum Gasteiger partial charge on any atom is -0.369 e. The average Bonchev–Trinajstić information content (AvgIpc) is 2.35. The van der Waals surface area contributed by atoms with Gasteiger partial charge in [0.05, 0.1) is 16.4 Å². The Labute approximate surface area is 126 Å². The van der Waals surface area contributed by atoms with Crippen LogP contribution in [0.25, 0.3) is 0 Å². The smallest absolute Gasteiger partial charge is 0.289 e. The highest BCUT2D eigenvalue weighted by Crippen LogP contribution is 2.29. The molecule has 0 aliphatic rings. The van der Waals surface area contributed by atoms with Crippen LogP contribution in [0.2, 0.25) is 5.02 Å². The van der Waals surface area contributed by atoms with Crippen LogP contribution in [0, 0.1) is 10.1 Å². The van der Waals surface area contributed by atoms with Gasteiger partial charge in [-0.2, -0.15) is 4.31 Å². The van der Waals surface area contributed by atoms with Crippen LogP contribution in [-0.4, -0.2) is 36.1 Å². The molecule has 8 nitrogen and oxygen atoms in total. The Balaban J connectivity index is 3.38. The number of nitro benzene ring substituents is 1. The first-order chi connectivity index (χ1) is 9.57. The zero-order valence-electron chi connectivity index (χ0n) is 11.3. The summed E-state index contributed by atoms with van der Waals surface area (Å²) in [4.78, 5) is 20.7. The summed E-state index contributed by atoms with van der Waals surface area (Å²) in [6.45, 7) is 2.60. The van der Waals surface area contributed by atoms with Crippen molar-refractivity contribution in [2.45, 2.75) is 24.8 Å². The second kappa shape index (κ2) is 6.37. The van der Waals surface area contributed by atoms with E-state index in [9.17, 15) is 23.3 Å². The summed E-state index contributed by atoms with van der Waals surface area (Å²) in [5, 5.41) is 10.6. The van der Waals surface area contributed by atoms with E-state index in [0.717, 1.165) is 22.5 Å². The molecular weight excluding hydrogens is 322 g/mol. The van der Waals surface area contributed by atoms with Crippen molar-refractivity contribution in [2.75, 3.05) is 6.54 Å². The van der Waals surface area contributed by atoms with Gasteiger partial charge in [0, 0.05) is 12.1 Å². The second-order valence-electron chi connectivity index (χ2n) is 4.48. The molecule has 0 bridgehead atoms. The van der Waals surface area contributed by atoms with Crippen LogP contribution < -0.4 is 5.73 Å². The molecule has 116 valence electrons. The number of carbonyl (C=O) groups excluding carboxylic acids is 1. The second-order valence-corrected chi connectivity index (χ2v) is 6.78. The number of nitro groups is 1. The molecule has 0 unspecified atom stereocenters. The summed E-state index contributed by atoms with van der Waals surface area (Å²) in [7, 11) is -4.10. The number of halogens is 1. The molecule has 0 aliphatic carbocycles. The number of sulfonamides is 1. The lowest BCUT2D eigenvalue weighted by Gasteiger charge is -2.24. The SMILES string of the molecule is CC(C)N(CC(N)=O)S(=O)(=O)c1ccc(Cl)c([N+](=O)[O-])c1. The predicted molar refractivity (Wildman–Crippen MR) is 76.3 cm³/mol. The van der Waals surface area contributed by atoms with Crippen LogP contribution in [0.4, 0.5) is 5.69 Å². The number of hydrogen-bond acceptors (Lipinski definition) is 5. The van der Waals surface area contributed by atoms with Gasteiger partial charge in [-0.25, -0.2) is 8.42 Å². The molecule has 0 radical (unpaired) electrons. The fourth-order valence-corrected chi connectivity index (χ4v) is 3.44. The fraction of sp³-hybridized carbons (Fsp3) is 0.364. The lowest BCUT2D eigenvalue weighted by Crippen LogP contribution is -2.42. The van der Waals surface area contributed by atoms with Crippen molar-refractivity contribution >= 4 is 33.2 Å². The number of carbonyl (C=O) groups is 1. The maximum Gasteiger partial charge on any atom is 0.289 e. The van der Waals surface area contributed by atoms with Crippen molar-refractivity contribution < 1.29 is 18.1 Å². The van der Waals surface area contributed by atoms with Crippen molar-refractivity contribution in [3.63, 3.8) is 0 Å². The molecule has 1 rings (SSSR count). The molecule has 0 fully saturated rings. The van der Waals surface area contributed by atoms with Gasteiger partial charge in [0.25, 0.3) is 5.69 Å². The van der Waals surface area contributed by atoms with Crippen molar-refractivity contribution in [3.05, 3.63) is 33.3 Å². The number of nitrogens with zero attached hydrogens (tertiary/aromatic N) is 2. The third-order valence-electron chi connectivity index (χ3n) is 2.61. The topological polar surface area (TPSA) is 124 Å². The van der Waals surface area contributed by atoms with E-state index in [-0.39, 0.29) is 9.92 Å². The molecule has 0 aromatic heterocycles. The van der Waals surface area contributed by atoms with Gasteiger partial charge in [0.2, 0.25) is 15.9 Å². The lowest BCUT2D eigenvalue weighted by molar-refractivity contribution is -0.384. The molecule has 1 aromatic carbocycles. The molecule has 0 spiro atoms. The van der Waals surface area contributed by atoms with Crippen LogP contribution >= 0.6 is 11.6 Å². The number of amides is 1. The van der Waals surface area contributed by atoms with E-state index in [1.807, 2.05) is 0 Å². The van der Waals surface area contributed by atoms with Gasteiger partial charge < -0.3 is 5.73 Å². The Morgan fingerprint density at radius 2 is 2.05 bits per heavy atom. The highest BCUT2D eigenvalue weighted by Gasteiger charge is 2.30. The summed E-state index contributed by atoms with van der Waals surface area (Å²) in [5.74, 6) is -0.823. The summed E-state index contributed by atoms with van der Waals surface area (Å²) in [5.41, 5.74) is 4.51. The van der Waals surface area contributed by atoms with Crippen molar-refractivity contribution in [1.82, 2.24) is 4.31 Å². The summed E-state index contributed by atoms with van der Waals surface area (Å²) in [6.07, 6.45) is 0. The monoisotopic (exact) mass is 335 g/mol. The fourth-order valence-electron chi connectivity index (χ4n) is 1.63. The molecule has 0 heterocycles.